The van der Waals surface area contributed by atoms with Crippen LogP contribution in [0, 0.1) is 18.8 Å². The number of benzene rings is 2. The number of aryl methyl sites for hydroxylation is 1. The van der Waals surface area contributed by atoms with Crippen molar-refractivity contribution in [3.8, 4) is 11.8 Å². The van der Waals surface area contributed by atoms with Crippen LogP contribution in [0.15, 0.2) is 54.6 Å². The highest BCUT2D eigenvalue weighted by Crippen LogP contribution is 2.21. The number of carbonyl (C=O) groups excluding carboxylic acids is 1. The molecule has 0 atom stereocenters. The lowest BCUT2D eigenvalue weighted by Gasteiger charge is -2.01. The number of fused-ring (bicyclic) bond motifs is 1. The van der Waals surface area contributed by atoms with Crippen LogP contribution in [-0.2, 0) is 0 Å². The van der Waals surface area contributed by atoms with Gasteiger partial charge in [-0.2, -0.15) is 0 Å². The second-order valence-electron chi connectivity index (χ2n) is 5.02. The Bertz CT molecular complexity index is 867. The fourth-order valence-corrected chi connectivity index (χ4v) is 2.45. The Labute approximate surface area is 129 Å². The fourth-order valence-electron chi connectivity index (χ4n) is 2.45. The van der Waals surface area contributed by atoms with E-state index in [9.17, 15) is 4.79 Å². The lowest BCUT2D eigenvalue weighted by Crippen LogP contribution is -2.24. The minimum atomic E-state index is -0.0997. The van der Waals surface area contributed by atoms with E-state index < -0.39 is 0 Å². The Kier molecular flexibility index (Phi) is 3.93. The molecule has 2 aromatic carbocycles. The summed E-state index contributed by atoms with van der Waals surface area (Å²) in [5, 5.41) is 3.79. The van der Waals surface area contributed by atoms with E-state index in [1.165, 1.54) is 0 Å². The molecule has 1 aromatic heterocycles. The summed E-state index contributed by atoms with van der Waals surface area (Å²) in [6.07, 6.45) is 0. The van der Waals surface area contributed by atoms with Gasteiger partial charge in [0.2, 0.25) is 0 Å². The minimum absolute atomic E-state index is 0.0997. The zero-order valence-corrected chi connectivity index (χ0v) is 12.3. The molecule has 0 aliphatic carbocycles. The Hall–Kier alpha value is -2.99. The maximum absolute atomic E-state index is 12.4. The summed E-state index contributed by atoms with van der Waals surface area (Å²) < 4.78 is 0. The van der Waals surface area contributed by atoms with Crippen LogP contribution in [0.1, 0.15) is 21.6 Å². The average Bonchev–Trinajstić information content (AvgIpc) is 2.88. The zero-order valence-electron chi connectivity index (χ0n) is 12.3. The molecule has 22 heavy (non-hydrogen) atoms. The zero-order chi connectivity index (χ0) is 15.4. The van der Waals surface area contributed by atoms with Crippen LogP contribution in [0.3, 0.4) is 0 Å². The molecular weight excluding hydrogens is 272 g/mol. The van der Waals surface area contributed by atoms with E-state index in [0.717, 1.165) is 22.2 Å². The van der Waals surface area contributed by atoms with E-state index in [1.54, 1.807) is 0 Å². The van der Waals surface area contributed by atoms with E-state index in [-0.39, 0.29) is 5.91 Å². The van der Waals surface area contributed by atoms with Crippen LogP contribution < -0.4 is 5.32 Å². The number of hydrogen-bond donors (Lipinski definition) is 2. The molecule has 0 radical (unpaired) electrons. The molecule has 0 saturated heterocycles. The second-order valence-corrected chi connectivity index (χ2v) is 5.02. The highest BCUT2D eigenvalue weighted by atomic mass is 16.1. The number of aromatic nitrogens is 1. The number of hydrogen-bond acceptors (Lipinski definition) is 1. The number of para-hydroxylation sites is 1. The molecule has 3 heteroatoms. The second kappa shape index (κ2) is 6.19. The maximum atomic E-state index is 12.4. The smallest absolute Gasteiger partial charge is 0.254 e. The Morgan fingerprint density at radius 1 is 1.09 bits per heavy atom. The van der Waals surface area contributed by atoms with Gasteiger partial charge < -0.3 is 10.3 Å². The van der Waals surface area contributed by atoms with Crippen molar-refractivity contribution in [3.63, 3.8) is 0 Å². The van der Waals surface area contributed by atoms with Crippen LogP contribution in [0.4, 0.5) is 0 Å². The molecule has 3 nitrogen and oxygen atoms in total. The third kappa shape index (κ3) is 2.87. The number of nitrogens with one attached hydrogen (secondary N) is 2. The van der Waals surface area contributed by atoms with Gasteiger partial charge in [-0.25, -0.2) is 0 Å². The summed E-state index contributed by atoms with van der Waals surface area (Å²) in [6.45, 7) is 2.23. The van der Waals surface area contributed by atoms with Crippen LogP contribution in [0.5, 0.6) is 0 Å². The monoisotopic (exact) mass is 288 g/mol. The van der Waals surface area contributed by atoms with Gasteiger partial charge in [0.05, 0.1) is 12.1 Å². The van der Waals surface area contributed by atoms with E-state index in [0.29, 0.717) is 12.1 Å². The van der Waals surface area contributed by atoms with Crippen molar-refractivity contribution in [2.75, 3.05) is 6.54 Å². The third-order valence-corrected chi connectivity index (χ3v) is 3.46. The summed E-state index contributed by atoms with van der Waals surface area (Å²) in [5.74, 6) is 5.89. The topological polar surface area (TPSA) is 44.9 Å². The van der Waals surface area contributed by atoms with Gasteiger partial charge in [-0.05, 0) is 25.1 Å². The average molecular weight is 288 g/mol. The summed E-state index contributed by atoms with van der Waals surface area (Å²) in [4.78, 5) is 15.6. The molecule has 0 aliphatic rings. The van der Waals surface area contributed by atoms with E-state index in [4.69, 9.17) is 0 Å². The Balaban J connectivity index is 1.72. The van der Waals surface area contributed by atoms with E-state index in [1.807, 2.05) is 61.5 Å². The summed E-state index contributed by atoms with van der Waals surface area (Å²) in [5.41, 5.74) is 3.48. The van der Waals surface area contributed by atoms with Crippen molar-refractivity contribution in [1.29, 1.82) is 0 Å². The molecule has 0 bridgehead atoms. The van der Waals surface area contributed by atoms with E-state index in [2.05, 4.69) is 22.1 Å². The van der Waals surface area contributed by atoms with Crippen LogP contribution >= 0.6 is 0 Å². The molecule has 3 aromatic rings. The largest absolute Gasteiger partial charge is 0.358 e. The SMILES string of the molecule is Cc1[nH]c2ccccc2c1C(=O)NCC#Cc1ccccc1. The van der Waals surface area contributed by atoms with Gasteiger partial charge in [0.15, 0.2) is 0 Å². The number of rotatable bonds is 2. The van der Waals surface area contributed by atoms with Gasteiger partial charge in [0, 0.05) is 22.2 Å². The molecule has 2 N–H and O–H groups in total. The molecule has 0 spiro atoms. The molecule has 0 aliphatic heterocycles. The van der Waals surface area contributed by atoms with Gasteiger partial charge >= 0.3 is 0 Å². The van der Waals surface area contributed by atoms with Gasteiger partial charge in [-0.3, -0.25) is 4.79 Å². The number of amides is 1. The molecule has 0 unspecified atom stereocenters. The quantitative estimate of drug-likeness (QED) is 0.699. The first-order valence-corrected chi connectivity index (χ1v) is 7.15. The van der Waals surface area contributed by atoms with E-state index >= 15 is 0 Å². The first-order valence-electron chi connectivity index (χ1n) is 7.15. The molecule has 1 heterocycles. The highest BCUT2D eigenvalue weighted by molar-refractivity contribution is 6.08. The predicted molar refractivity (Wildman–Crippen MR) is 88.7 cm³/mol. The molecule has 0 fully saturated rings. The first kappa shape index (κ1) is 14.0. The van der Waals surface area contributed by atoms with Gasteiger partial charge in [0.1, 0.15) is 0 Å². The summed E-state index contributed by atoms with van der Waals surface area (Å²) in [7, 11) is 0. The van der Waals surface area contributed by atoms with Crippen LogP contribution in [-0.4, -0.2) is 17.4 Å². The standard InChI is InChI=1S/C19H16N2O/c1-14-18(16-11-5-6-12-17(16)21-14)19(22)20-13-7-10-15-8-3-2-4-9-15/h2-6,8-9,11-12,21H,13H2,1H3,(H,20,22). The predicted octanol–water partition coefficient (Wildman–Crippen LogP) is 3.26. The van der Waals surface area contributed by atoms with Crippen molar-refractivity contribution in [1.82, 2.24) is 10.3 Å². The number of H-pyrrole nitrogens is 1. The highest BCUT2D eigenvalue weighted by Gasteiger charge is 2.14. The molecular formula is C19H16N2O. The van der Waals surface area contributed by atoms with Crippen molar-refractivity contribution in [2.45, 2.75) is 6.92 Å². The lowest BCUT2D eigenvalue weighted by atomic mass is 10.1. The number of carbonyl (C=O) groups is 1. The Morgan fingerprint density at radius 2 is 1.82 bits per heavy atom. The molecule has 1 amide bonds. The third-order valence-electron chi connectivity index (χ3n) is 3.46. The molecule has 0 saturated carbocycles. The fraction of sp³-hybridized carbons (Fsp3) is 0.105. The minimum Gasteiger partial charge on any atom is -0.358 e. The van der Waals surface area contributed by atoms with Crippen molar-refractivity contribution in [2.24, 2.45) is 0 Å². The van der Waals surface area contributed by atoms with Gasteiger partial charge in [0.25, 0.3) is 5.91 Å². The van der Waals surface area contributed by atoms with Gasteiger partial charge in [-0.1, -0.05) is 48.2 Å². The lowest BCUT2D eigenvalue weighted by molar-refractivity contribution is 0.0960. The molecule has 3 rings (SSSR count). The van der Waals surface area contributed by atoms with Crippen molar-refractivity contribution < 1.29 is 4.79 Å². The maximum Gasteiger partial charge on any atom is 0.254 e. The molecule has 108 valence electrons. The first-order chi connectivity index (χ1) is 10.8. The number of aromatic amines is 1. The Morgan fingerprint density at radius 3 is 2.64 bits per heavy atom. The van der Waals surface area contributed by atoms with Crippen LogP contribution in [0.25, 0.3) is 10.9 Å². The van der Waals surface area contributed by atoms with Gasteiger partial charge in [-0.15, -0.1) is 0 Å². The van der Waals surface area contributed by atoms with Crippen LogP contribution in [0.2, 0.25) is 0 Å². The van der Waals surface area contributed by atoms with Crippen molar-refractivity contribution >= 4 is 16.8 Å². The normalized spacial score (nSPS) is 10.0. The summed E-state index contributed by atoms with van der Waals surface area (Å²) >= 11 is 0. The summed E-state index contributed by atoms with van der Waals surface area (Å²) in [6, 6.07) is 17.5. The van der Waals surface area contributed by atoms with Crippen molar-refractivity contribution in [3.05, 3.63) is 71.4 Å².